The van der Waals surface area contributed by atoms with Gasteiger partial charge in [-0.25, -0.2) is 0 Å². The van der Waals surface area contributed by atoms with Crippen molar-refractivity contribution in [3.05, 3.63) is 46.7 Å². The monoisotopic (exact) mass is 345 g/mol. The lowest BCUT2D eigenvalue weighted by Crippen LogP contribution is -2.41. The molecular weight excluding hydrogens is 326 g/mol. The van der Waals surface area contributed by atoms with Crippen LogP contribution >= 0.6 is 11.3 Å². The second-order valence-electron chi connectivity index (χ2n) is 5.14. The average Bonchev–Trinajstić information content (AvgIpc) is 3.11. The summed E-state index contributed by atoms with van der Waals surface area (Å²) in [7, 11) is 0. The van der Waals surface area contributed by atoms with Gasteiger partial charge in [-0.05, 0) is 42.6 Å². The highest BCUT2D eigenvalue weighted by Gasteiger charge is 2.17. The van der Waals surface area contributed by atoms with Crippen molar-refractivity contribution in [1.29, 1.82) is 0 Å². The smallest absolute Gasteiger partial charge is 0.261 e. The van der Waals surface area contributed by atoms with Gasteiger partial charge >= 0.3 is 0 Å². The predicted octanol–water partition coefficient (Wildman–Crippen LogP) is 2.85. The van der Waals surface area contributed by atoms with Gasteiger partial charge in [0.2, 0.25) is 11.8 Å². The minimum atomic E-state index is -0.668. The molecule has 0 radical (unpaired) electrons. The van der Waals surface area contributed by atoms with E-state index in [0.717, 1.165) is 0 Å². The molecule has 24 heavy (non-hydrogen) atoms. The number of amides is 3. The highest BCUT2D eigenvalue weighted by molar-refractivity contribution is 7.12. The van der Waals surface area contributed by atoms with Crippen molar-refractivity contribution in [2.24, 2.45) is 0 Å². The van der Waals surface area contributed by atoms with E-state index in [0.29, 0.717) is 22.7 Å². The summed E-state index contributed by atoms with van der Waals surface area (Å²) in [5.74, 6) is -0.660. The Kier molecular flexibility index (Phi) is 6.08. The van der Waals surface area contributed by atoms with Gasteiger partial charge in [-0.15, -0.1) is 11.3 Å². The summed E-state index contributed by atoms with van der Waals surface area (Å²) in [6.07, 6.45) is 0.403. The number of nitrogens with one attached hydrogen (secondary N) is 3. The quantitative estimate of drug-likeness (QED) is 0.752. The van der Waals surface area contributed by atoms with E-state index in [-0.39, 0.29) is 17.7 Å². The number of hydrogen-bond donors (Lipinski definition) is 3. The third kappa shape index (κ3) is 4.92. The number of carbonyl (C=O) groups excluding carboxylic acids is 3. The molecule has 0 unspecified atom stereocenters. The molecule has 1 aromatic carbocycles. The predicted molar refractivity (Wildman–Crippen MR) is 95.2 cm³/mol. The molecular formula is C17H19N3O3S. The van der Waals surface area contributed by atoms with E-state index in [9.17, 15) is 14.4 Å². The van der Waals surface area contributed by atoms with Crippen molar-refractivity contribution in [3.8, 4) is 0 Å². The van der Waals surface area contributed by atoms with E-state index in [1.54, 1.807) is 55.6 Å². The Balaban J connectivity index is 1.89. The SMILES string of the molecule is CCC(=O)Nc1ccc(NC(=O)[C@@H](C)NC(=O)c2cccs2)cc1. The van der Waals surface area contributed by atoms with E-state index < -0.39 is 6.04 Å². The molecule has 0 fully saturated rings. The van der Waals surface area contributed by atoms with Gasteiger partial charge in [0.15, 0.2) is 0 Å². The third-order valence-corrected chi connectivity index (χ3v) is 4.11. The first kappa shape index (κ1) is 17.7. The molecule has 1 aromatic heterocycles. The van der Waals surface area contributed by atoms with Crippen molar-refractivity contribution in [3.63, 3.8) is 0 Å². The molecule has 126 valence electrons. The van der Waals surface area contributed by atoms with Crippen molar-refractivity contribution in [2.45, 2.75) is 26.3 Å². The fraction of sp³-hybridized carbons (Fsp3) is 0.235. The van der Waals surface area contributed by atoms with Crippen LogP contribution in [0.4, 0.5) is 11.4 Å². The lowest BCUT2D eigenvalue weighted by atomic mass is 10.2. The maximum atomic E-state index is 12.1. The number of hydrogen-bond acceptors (Lipinski definition) is 4. The van der Waals surface area contributed by atoms with Gasteiger partial charge in [0, 0.05) is 17.8 Å². The van der Waals surface area contributed by atoms with Gasteiger partial charge in [0.05, 0.1) is 4.88 Å². The second-order valence-corrected chi connectivity index (χ2v) is 6.09. The Morgan fingerprint density at radius 1 is 1.04 bits per heavy atom. The van der Waals surface area contributed by atoms with Gasteiger partial charge in [0.25, 0.3) is 5.91 Å². The molecule has 6 nitrogen and oxygen atoms in total. The summed E-state index contributed by atoms with van der Waals surface area (Å²) in [5, 5.41) is 9.91. The molecule has 7 heteroatoms. The highest BCUT2D eigenvalue weighted by atomic mass is 32.1. The standard InChI is InChI=1S/C17H19N3O3S/c1-3-15(21)19-12-6-8-13(9-7-12)20-16(22)11(2)18-17(23)14-5-4-10-24-14/h4-11H,3H2,1-2H3,(H,18,23)(H,19,21)(H,20,22)/t11-/m1/s1. The van der Waals surface area contributed by atoms with Crippen LogP contribution < -0.4 is 16.0 Å². The molecule has 0 aliphatic rings. The van der Waals surface area contributed by atoms with Crippen LogP contribution in [0.1, 0.15) is 29.9 Å². The Morgan fingerprint density at radius 3 is 2.21 bits per heavy atom. The molecule has 3 amide bonds. The van der Waals surface area contributed by atoms with Crippen molar-refractivity contribution in [1.82, 2.24) is 5.32 Å². The van der Waals surface area contributed by atoms with Crippen LogP contribution in [0.2, 0.25) is 0 Å². The first-order valence-corrected chi connectivity index (χ1v) is 8.42. The number of carbonyl (C=O) groups is 3. The summed E-state index contributed by atoms with van der Waals surface area (Å²) >= 11 is 1.32. The largest absolute Gasteiger partial charge is 0.340 e. The first-order valence-electron chi connectivity index (χ1n) is 7.54. The van der Waals surface area contributed by atoms with Crippen LogP contribution in [-0.2, 0) is 9.59 Å². The molecule has 0 aliphatic carbocycles. The molecule has 1 atom stereocenters. The minimum absolute atomic E-state index is 0.0725. The fourth-order valence-corrected chi connectivity index (χ4v) is 2.50. The molecule has 2 rings (SSSR count). The molecule has 2 aromatic rings. The molecule has 0 saturated heterocycles. The van der Waals surface area contributed by atoms with E-state index in [1.807, 2.05) is 0 Å². The molecule has 3 N–H and O–H groups in total. The van der Waals surface area contributed by atoms with Gasteiger partial charge < -0.3 is 16.0 Å². The summed E-state index contributed by atoms with van der Waals surface area (Å²) in [5.41, 5.74) is 1.26. The zero-order valence-corrected chi connectivity index (χ0v) is 14.3. The highest BCUT2D eigenvalue weighted by Crippen LogP contribution is 2.14. The Morgan fingerprint density at radius 2 is 1.67 bits per heavy atom. The van der Waals surface area contributed by atoms with E-state index >= 15 is 0 Å². The fourth-order valence-electron chi connectivity index (χ4n) is 1.88. The Bertz CT molecular complexity index is 711. The molecule has 0 saturated carbocycles. The number of anilines is 2. The Labute approximate surface area is 144 Å². The molecule has 0 spiro atoms. The van der Waals surface area contributed by atoms with Crippen LogP contribution in [-0.4, -0.2) is 23.8 Å². The number of benzene rings is 1. The van der Waals surface area contributed by atoms with Crippen molar-refractivity contribution in [2.75, 3.05) is 10.6 Å². The van der Waals surface area contributed by atoms with Crippen molar-refractivity contribution < 1.29 is 14.4 Å². The molecule has 0 bridgehead atoms. The first-order chi connectivity index (χ1) is 11.5. The van der Waals surface area contributed by atoms with Gasteiger partial charge in [0.1, 0.15) is 6.04 Å². The number of rotatable bonds is 6. The lowest BCUT2D eigenvalue weighted by molar-refractivity contribution is -0.117. The van der Waals surface area contributed by atoms with Crippen LogP contribution in [0.3, 0.4) is 0 Å². The third-order valence-electron chi connectivity index (χ3n) is 3.24. The minimum Gasteiger partial charge on any atom is -0.340 e. The zero-order chi connectivity index (χ0) is 17.5. The van der Waals surface area contributed by atoms with Gasteiger partial charge in [-0.1, -0.05) is 13.0 Å². The zero-order valence-electron chi connectivity index (χ0n) is 13.5. The summed E-state index contributed by atoms with van der Waals surface area (Å²) in [4.78, 5) is 35.9. The molecule has 0 aliphatic heterocycles. The summed E-state index contributed by atoms with van der Waals surface area (Å²) in [6, 6.07) is 9.61. The van der Waals surface area contributed by atoms with Crippen LogP contribution in [0.5, 0.6) is 0 Å². The average molecular weight is 345 g/mol. The van der Waals surface area contributed by atoms with Crippen LogP contribution in [0, 0.1) is 0 Å². The maximum Gasteiger partial charge on any atom is 0.261 e. The second kappa shape index (κ2) is 8.26. The number of thiophene rings is 1. The summed E-state index contributed by atoms with van der Waals surface area (Å²) in [6.45, 7) is 3.40. The van der Waals surface area contributed by atoms with E-state index in [2.05, 4.69) is 16.0 Å². The van der Waals surface area contributed by atoms with Gasteiger partial charge in [-0.3, -0.25) is 14.4 Å². The van der Waals surface area contributed by atoms with Crippen LogP contribution in [0.25, 0.3) is 0 Å². The normalized spacial score (nSPS) is 11.4. The summed E-state index contributed by atoms with van der Waals surface area (Å²) < 4.78 is 0. The van der Waals surface area contributed by atoms with Crippen molar-refractivity contribution >= 4 is 40.4 Å². The molecule has 1 heterocycles. The van der Waals surface area contributed by atoms with E-state index in [1.165, 1.54) is 11.3 Å². The van der Waals surface area contributed by atoms with Gasteiger partial charge in [-0.2, -0.15) is 0 Å². The lowest BCUT2D eigenvalue weighted by Gasteiger charge is -2.14. The van der Waals surface area contributed by atoms with E-state index in [4.69, 9.17) is 0 Å². The topological polar surface area (TPSA) is 87.3 Å². The van der Waals surface area contributed by atoms with Crippen LogP contribution in [0.15, 0.2) is 41.8 Å². The maximum absolute atomic E-state index is 12.1. The Hall–Kier alpha value is -2.67.